The highest BCUT2D eigenvalue weighted by molar-refractivity contribution is 5.76. The Morgan fingerprint density at radius 1 is 1.32 bits per heavy atom. The smallest absolute Gasteiger partial charge is 0.303 e. The summed E-state index contributed by atoms with van der Waals surface area (Å²) in [7, 11) is 0. The lowest BCUT2D eigenvalue weighted by atomic mass is 9.98. The minimum atomic E-state index is -0.837. The highest BCUT2D eigenvalue weighted by Gasteiger charge is 2.24. The van der Waals surface area contributed by atoms with E-state index in [2.05, 4.69) is 12.2 Å². The lowest BCUT2D eigenvalue weighted by molar-refractivity contribution is -0.137. The molecule has 2 unspecified atom stereocenters. The van der Waals surface area contributed by atoms with Crippen LogP contribution < -0.4 is 5.32 Å². The average molecular weight is 271 g/mol. The van der Waals surface area contributed by atoms with E-state index in [0.29, 0.717) is 18.9 Å². The normalized spacial score (nSPS) is 23.3. The summed E-state index contributed by atoms with van der Waals surface area (Å²) >= 11 is 0. The highest BCUT2D eigenvalue weighted by atomic mass is 16.5. The van der Waals surface area contributed by atoms with Crippen molar-refractivity contribution in [3.63, 3.8) is 0 Å². The molecule has 0 aromatic heterocycles. The average Bonchev–Trinajstić information content (AvgIpc) is 2.69. The van der Waals surface area contributed by atoms with E-state index in [0.717, 1.165) is 19.3 Å². The van der Waals surface area contributed by atoms with E-state index in [1.54, 1.807) is 0 Å². The van der Waals surface area contributed by atoms with Crippen LogP contribution in [0.5, 0.6) is 0 Å². The van der Waals surface area contributed by atoms with Gasteiger partial charge >= 0.3 is 5.97 Å². The molecule has 1 aliphatic heterocycles. The Hall–Kier alpha value is -1.10. The SMILES string of the molecule is CC1CCC(CCC(=O)NC(C)(C)CCC(=O)O)O1. The number of amides is 1. The molecular weight excluding hydrogens is 246 g/mol. The standard InChI is InChI=1S/C14H25NO4/c1-10-4-5-11(19-10)6-7-12(16)15-14(2,3)9-8-13(17)18/h10-11H,4-9H2,1-3H3,(H,15,16)(H,17,18). The molecule has 0 aliphatic carbocycles. The molecule has 1 aliphatic rings. The maximum absolute atomic E-state index is 11.8. The van der Waals surface area contributed by atoms with Crippen LogP contribution >= 0.6 is 0 Å². The van der Waals surface area contributed by atoms with E-state index in [1.807, 2.05) is 13.8 Å². The van der Waals surface area contributed by atoms with Crippen molar-refractivity contribution < 1.29 is 19.4 Å². The summed E-state index contributed by atoms with van der Waals surface area (Å²) in [6.45, 7) is 5.75. The van der Waals surface area contributed by atoms with E-state index in [-0.39, 0.29) is 18.4 Å². The zero-order valence-corrected chi connectivity index (χ0v) is 12.1. The monoisotopic (exact) mass is 271 g/mol. The fourth-order valence-electron chi connectivity index (χ4n) is 2.31. The summed E-state index contributed by atoms with van der Waals surface area (Å²) in [6.07, 6.45) is 4.27. The Kier molecular flexibility index (Phi) is 5.79. The molecule has 1 rings (SSSR count). The summed E-state index contributed by atoms with van der Waals surface area (Å²) in [6, 6.07) is 0. The first-order valence-corrected chi connectivity index (χ1v) is 6.97. The fraction of sp³-hybridized carbons (Fsp3) is 0.857. The summed E-state index contributed by atoms with van der Waals surface area (Å²) < 4.78 is 5.66. The Bertz CT molecular complexity index is 327. The molecule has 0 radical (unpaired) electrons. The molecule has 2 N–H and O–H groups in total. The van der Waals surface area contributed by atoms with Gasteiger partial charge in [0.1, 0.15) is 0 Å². The van der Waals surface area contributed by atoms with Crippen molar-refractivity contribution in [3.8, 4) is 0 Å². The van der Waals surface area contributed by atoms with E-state index < -0.39 is 11.5 Å². The van der Waals surface area contributed by atoms with Crippen molar-refractivity contribution in [1.82, 2.24) is 5.32 Å². The molecule has 0 aromatic rings. The number of aliphatic carboxylic acids is 1. The van der Waals surface area contributed by atoms with Gasteiger partial charge in [0.15, 0.2) is 0 Å². The summed E-state index contributed by atoms with van der Waals surface area (Å²) in [5, 5.41) is 11.5. The molecule has 0 bridgehead atoms. The predicted octanol–water partition coefficient (Wildman–Crippen LogP) is 2.09. The highest BCUT2D eigenvalue weighted by Crippen LogP contribution is 2.22. The van der Waals surface area contributed by atoms with Crippen molar-refractivity contribution in [2.75, 3.05) is 0 Å². The largest absolute Gasteiger partial charge is 0.481 e. The number of rotatable bonds is 7. The second-order valence-electron chi connectivity index (χ2n) is 6.01. The van der Waals surface area contributed by atoms with Gasteiger partial charge in [-0.25, -0.2) is 0 Å². The molecule has 1 amide bonds. The number of carboxylic acids is 1. The zero-order chi connectivity index (χ0) is 14.5. The molecule has 0 aromatic carbocycles. The van der Waals surface area contributed by atoms with E-state index >= 15 is 0 Å². The van der Waals surface area contributed by atoms with Crippen molar-refractivity contribution in [2.24, 2.45) is 0 Å². The quantitative estimate of drug-likeness (QED) is 0.743. The van der Waals surface area contributed by atoms with Gasteiger partial charge < -0.3 is 15.2 Å². The van der Waals surface area contributed by atoms with Gasteiger partial charge in [0, 0.05) is 18.4 Å². The van der Waals surface area contributed by atoms with Crippen LogP contribution in [0.3, 0.4) is 0 Å². The van der Waals surface area contributed by atoms with Gasteiger partial charge in [-0.2, -0.15) is 0 Å². The molecule has 0 spiro atoms. The van der Waals surface area contributed by atoms with Gasteiger partial charge in [0.2, 0.25) is 5.91 Å². The maximum Gasteiger partial charge on any atom is 0.303 e. The van der Waals surface area contributed by atoms with Crippen LogP contribution in [0.2, 0.25) is 0 Å². The van der Waals surface area contributed by atoms with E-state index in [4.69, 9.17) is 9.84 Å². The lowest BCUT2D eigenvalue weighted by Gasteiger charge is -2.26. The number of carbonyl (C=O) groups excluding carboxylic acids is 1. The second kappa shape index (κ2) is 6.89. The molecule has 1 heterocycles. The Morgan fingerprint density at radius 3 is 2.53 bits per heavy atom. The minimum absolute atomic E-state index is 0.0291. The van der Waals surface area contributed by atoms with Gasteiger partial charge in [-0.05, 0) is 46.5 Å². The van der Waals surface area contributed by atoms with Crippen LogP contribution in [0, 0.1) is 0 Å². The van der Waals surface area contributed by atoms with Gasteiger partial charge in [-0.15, -0.1) is 0 Å². The molecular formula is C14H25NO4. The molecule has 1 saturated heterocycles. The maximum atomic E-state index is 11.8. The van der Waals surface area contributed by atoms with Crippen LogP contribution in [-0.2, 0) is 14.3 Å². The number of hydrogen-bond donors (Lipinski definition) is 2. The van der Waals surface area contributed by atoms with Crippen molar-refractivity contribution >= 4 is 11.9 Å². The number of carboxylic acid groups (broad SMARTS) is 1. The topological polar surface area (TPSA) is 75.6 Å². The van der Waals surface area contributed by atoms with Crippen LogP contribution in [0.4, 0.5) is 0 Å². The molecule has 5 heteroatoms. The minimum Gasteiger partial charge on any atom is -0.481 e. The van der Waals surface area contributed by atoms with Gasteiger partial charge in [-0.3, -0.25) is 9.59 Å². The third-order valence-corrected chi connectivity index (χ3v) is 3.45. The van der Waals surface area contributed by atoms with Crippen LogP contribution in [0.15, 0.2) is 0 Å². The first-order valence-electron chi connectivity index (χ1n) is 6.97. The number of hydrogen-bond acceptors (Lipinski definition) is 3. The molecule has 2 atom stereocenters. The summed E-state index contributed by atoms with van der Waals surface area (Å²) in [5.74, 6) is -0.866. The summed E-state index contributed by atoms with van der Waals surface area (Å²) in [4.78, 5) is 22.4. The van der Waals surface area contributed by atoms with Gasteiger partial charge in [0.25, 0.3) is 0 Å². The molecule has 110 valence electrons. The third-order valence-electron chi connectivity index (χ3n) is 3.45. The first-order chi connectivity index (χ1) is 8.78. The predicted molar refractivity (Wildman–Crippen MR) is 71.9 cm³/mol. The number of carbonyl (C=O) groups is 2. The van der Waals surface area contributed by atoms with Crippen LogP contribution in [0.1, 0.15) is 59.3 Å². The molecule has 5 nitrogen and oxygen atoms in total. The molecule has 0 saturated carbocycles. The zero-order valence-electron chi connectivity index (χ0n) is 12.1. The fourth-order valence-corrected chi connectivity index (χ4v) is 2.31. The summed E-state index contributed by atoms with van der Waals surface area (Å²) in [5.41, 5.74) is -0.473. The Labute approximate surface area is 114 Å². The Morgan fingerprint density at radius 2 is 2.00 bits per heavy atom. The van der Waals surface area contributed by atoms with Gasteiger partial charge in [-0.1, -0.05) is 0 Å². The van der Waals surface area contributed by atoms with E-state index in [1.165, 1.54) is 0 Å². The van der Waals surface area contributed by atoms with Crippen molar-refractivity contribution in [3.05, 3.63) is 0 Å². The number of ether oxygens (including phenoxy) is 1. The molecule has 19 heavy (non-hydrogen) atoms. The second-order valence-corrected chi connectivity index (χ2v) is 6.01. The van der Waals surface area contributed by atoms with Crippen molar-refractivity contribution in [2.45, 2.75) is 77.0 Å². The Balaban J connectivity index is 2.24. The van der Waals surface area contributed by atoms with E-state index in [9.17, 15) is 9.59 Å². The lowest BCUT2D eigenvalue weighted by Crippen LogP contribution is -2.43. The van der Waals surface area contributed by atoms with Gasteiger partial charge in [0.05, 0.1) is 12.2 Å². The van der Waals surface area contributed by atoms with Crippen molar-refractivity contribution in [1.29, 1.82) is 0 Å². The van der Waals surface area contributed by atoms with Crippen LogP contribution in [0.25, 0.3) is 0 Å². The first kappa shape index (κ1) is 16.0. The van der Waals surface area contributed by atoms with Crippen LogP contribution in [-0.4, -0.2) is 34.7 Å². The molecule has 1 fully saturated rings. The number of nitrogens with one attached hydrogen (secondary N) is 1. The third kappa shape index (κ3) is 6.57.